The van der Waals surface area contributed by atoms with Gasteiger partial charge in [-0.25, -0.2) is 4.39 Å². The lowest BCUT2D eigenvalue weighted by atomic mass is 9.67. The van der Waals surface area contributed by atoms with Crippen molar-refractivity contribution < 1.29 is 9.13 Å². The Labute approximate surface area is 125 Å². The standard InChI is InChI=1S/C18H22FNO/c19-16-5-3-15(4-6-16)13-17(9-11-20)10-12-21-18(14-17)7-1-2-8-18/h3-6H,1-2,7-10,12-14H2. The van der Waals surface area contributed by atoms with Crippen molar-refractivity contribution in [2.24, 2.45) is 5.41 Å². The van der Waals surface area contributed by atoms with Crippen molar-refractivity contribution in [2.75, 3.05) is 6.61 Å². The smallest absolute Gasteiger partial charge is 0.123 e. The predicted molar refractivity (Wildman–Crippen MR) is 79.2 cm³/mol. The fraction of sp³-hybridized carbons (Fsp3) is 0.611. The SMILES string of the molecule is N#CCC1(Cc2ccc(F)cc2)CCOC2(CCCC2)C1. The average Bonchev–Trinajstić information content (AvgIpc) is 2.89. The van der Waals surface area contributed by atoms with E-state index in [0.717, 1.165) is 44.3 Å². The fourth-order valence-electron chi connectivity index (χ4n) is 4.21. The van der Waals surface area contributed by atoms with Gasteiger partial charge in [0, 0.05) is 13.0 Å². The molecule has 1 atom stereocenters. The highest BCUT2D eigenvalue weighted by Gasteiger charge is 2.46. The van der Waals surface area contributed by atoms with Gasteiger partial charge in [0.05, 0.1) is 11.7 Å². The number of rotatable bonds is 3. The quantitative estimate of drug-likeness (QED) is 0.826. The van der Waals surface area contributed by atoms with Crippen LogP contribution in [0.15, 0.2) is 24.3 Å². The summed E-state index contributed by atoms with van der Waals surface area (Å²) in [6.45, 7) is 0.753. The van der Waals surface area contributed by atoms with Gasteiger partial charge < -0.3 is 4.74 Å². The van der Waals surface area contributed by atoms with Crippen LogP contribution in [0.1, 0.15) is 50.5 Å². The predicted octanol–water partition coefficient (Wildman–Crippen LogP) is 4.39. The molecule has 3 heteroatoms. The van der Waals surface area contributed by atoms with Crippen LogP contribution in [0, 0.1) is 22.6 Å². The molecule has 1 unspecified atom stereocenters. The highest BCUT2D eigenvalue weighted by atomic mass is 19.1. The first-order chi connectivity index (χ1) is 10.2. The maximum atomic E-state index is 13.1. The van der Waals surface area contributed by atoms with Gasteiger partial charge in [0.25, 0.3) is 0 Å². The van der Waals surface area contributed by atoms with Crippen LogP contribution in [0.2, 0.25) is 0 Å². The van der Waals surface area contributed by atoms with Gasteiger partial charge in [0.1, 0.15) is 5.82 Å². The van der Waals surface area contributed by atoms with Crippen LogP contribution < -0.4 is 0 Å². The first-order valence-corrected chi connectivity index (χ1v) is 7.91. The molecular weight excluding hydrogens is 265 g/mol. The molecule has 2 aliphatic rings. The normalized spacial score (nSPS) is 27.6. The zero-order valence-corrected chi connectivity index (χ0v) is 12.4. The molecule has 21 heavy (non-hydrogen) atoms. The lowest BCUT2D eigenvalue weighted by Crippen LogP contribution is -2.44. The molecule has 1 saturated carbocycles. The number of hydrogen-bond acceptors (Lipinski definition) is 2. The second-order valence-electron chi connectivity index (χ2n) is 6.80. The maximum absolute atomic E-state index is 13.1. The Hall–Kier alpha value is -1.40. The summed E-state index contributed by atoms with van der Waals surface area (Å²) in [5, 5.41) is 9.29. The molecule has 1 saturated heterocycles. The number of nitrogens with zero attached hydrogens (tertiary/aromatic N) is 1. The van der Waals surface area contributed by atoms with E-state index >= 15 is 0 Å². The minimum atomic E-state index is -0.202. The van der Waals surface area contributed by atoms with Gasteiger partial charge in [-0.1, -0.05) is 25.0 Å². The monoisotopic (exact) mass is 287 g/mol. The third-order valence-corrected chi connectivity index (χ3v) is 5.20. The molecule has 2 nitrogen and oxygen atoms in total. The Kier molecular flexibility index (Phi) is 3.99. The van der Waals surface area contributed by atoms with Gasteiger partial charge in [0.15, 0.2) is 0 Å². The first-order valence-electron chi connectivity index (χ1n) is 7.91. The Balaban J connectivity index is 1.81. The van der Waals surface area contributed by atoms with Crippen LogP contribution in [-0.4, -0.2) is 12.2 Å². The summed E-state index contributed by atoms with van der Waals surface area (Å²) in [6.07, 6.45) is 8.05. The molecular formula is C18H22FNO. The van der Waals surface area contributed by atoms with E-state index in [0.29, 0.717) is 6.42 Å². The largest absolute Gasteiger partial charge is 0.375 e. The summed E-state index contributed by atoms with van der Waals surface area (Å²) >= 11 is 0. The van der Waals surface area contributed by atoms with Crippen LogP contribution >= 0.6 is 0 Å². The van der Waals surface area contributed by atoms with Crippen molar-refractivity contribution >= 4 is 0 Å². The molecule has 1 spiro atoms. The molecule has 1 aliphatic carbocycles. The Morgan fingerprint density at radius 2 is 1.86 bits per heavy atom. The minimum Gasteiger partial charge on any atom is -0.375 e. The highest BCUT2D eigenvalue weighted by molar-refractivity contribution is 5.19. The van der Waals surface area contributed by atoms with E-state index in [2.05, 4.69) is 6.07 Å². The molecule has 0 N–H and O–H groups in total. The Morgan fingerprint density at radius 3 is 2.52 bits per heavy atom. The second-order valence-corrected chi connectivity index (χ2v) is 6.80. The summed E-state index contributed by atoms with van der Waals surface area (Å²) < 4.78 is 19.2. The summed E-state index contributed by atoms with van der Waals surface area (Å²) in [4.78, 5) is 0. The molecule has 112 valence electrons. The molecule has 1 aromatic carbocycles. The topological polar surface area (TPSA) is 33.0 Å². The average molecular weight is 287 g/mol. The third kappa shape index (κ3) is 3.11. The van der Waals surface area contributed by atoms with Crippen LogP contribution in [0.25, 0.3) is 0 Å². The number of hydrogen-bond donors (Lipinski definition) is 0. The van der Waals surface area contributed by atoms with Crippen molar-refractivity contribution in [1.29, 1.82) is 5.26 Å². The summed E-state index contributed by atoms with van der Waals surface area (Å²) in [5.74, 6) is -0.202. The maximum Gasteiger partial charge on any atom is 0.123 e. The molecule has 1 aliphatic heterocycles. The molecule has 2 fully saturated rings. The van der Waals surface area contributed by atoms with Crippen molar-refractivity contribution in [3.63, 3.8) is 0 Å². The number of nitriles is 1. The van der Waals surface area contributed by atoms with E-state index in [1.54, 1.807) is 0 Å². The highest BCUT2D eigenvalue weighted by Crippen LogP contribution is 2.50. The zero-order valence-electron chi connectivity index (χ0n) is 12.4. The van der Waals surface area contributed by atoms with Gasteiger partial charge in [0.2, 0.25) is 0 Å². The van der Waals surface area contributed by atoms with Gasteiger partial charge >= 0.3 is 0 Å². The van der Waals surface area contributed by atoms with E-state index in [1.807, 2.05) is 12.1 Å². The number of benzene rings is 1. The lowest BCUT2D eigenvalue weighted by Gasteiger charge is -2.46. The summed E-state index contributed by atoms with van der Waals surface area (Å²) in [7, 11) is 0. The first kappa shape index (κ1) is 14.5. The van der Waals surface area contributed by atoms with E-state index in [-0.39, 0.29) is 16.8 Å². The number of ether oxygens (including phenoxy) is 1. The van der Waals surface area contributed by atoms with E-state index in [1.165, 1.54) is 25.0 Å². The summed E-state index contributed by atoms with van der Waals surface area (Å²) in [6, 6.07) is 9.12. The van der Waals surface area contributed by atoms with Crippen LogP contribution in [0.3, 0.4) is 0 Å². The lowest BCUT2D eigenvalue weighted by molar-refractivity contribution is -0.121. The van der Waals surface area contributed by atoms with Gasteiger partial charge in [-0.15, -0.1) is 0 Å². The van der Waals surface area contributed by atoms with Crippen molar-refractivity contribution in [2.45, 2.75) is 57.0 Å². The van der Waals surface area contributed by atoms with Gasteiger partial charge in [-0.05, 0) is 55.2 Å². The van der Waals surface area contributed by atoms with Gasteiger partial charge in [-0.3, -0.25) is 0 Å². The van der Waals surface area contributed by atoms with Crippen LogP contribution in [0.4, 0.5) is 4.39 Å². The van der Waals surface area contributed by atoms with Crippen LogP contribution in [-0.2, 0) is 11.2 Å². The van der Waals surface area contributed by atoms with Crippen molar-refractivity contribution in [3.05, 3.63) is 35.6 Å². The minimum absolute atomic E-state index is 0.00479. The van der Waals surface area contributed by atoms with Gasteiger partial charge in [-0.2, -0.15) is 5.26 Å². The molecule has 0 radical (unpaired) electrons. The van der Waals surface area contributed by atoms with E-state index < -0.39 is 0 Å². The molecule has 0 bridgehead atoms. The van der Waals surface area contributed by atoms with Crippen molar-refractivity contribution in [1.82, 2.24) is 0 Å². The molecule has 1 aromatic rings. The summed E-state index contributed by atoms with van der Waals surface area (Å²) in [5.41, 5.74) is 1.13. The Bertz CT molecular complexity index is 527. The molecule has 3 rings (SSSR count). The molecule has 0 aromatic heterocycles. The van der Waals surface area contributed by atoms with Crippen LogP contribution in [0.5, 0.6) is 0 Å². The second kappa shape index (κ2) is 5.77. The third-order valence-electron chi connectivity index (χ3n) is 5.20. The Morgan fingerprint density at radius 1 is 1.14 bits per heavy atom. The fourth-order valence-corrected chi connectivity index (χ4v) is 4.21. The van der Waals surface area contributed by atoms with E-state index in [9.17, 15) is 9.65 Å². The molecule has 1 heterocycles. The van der Waals surface area contributed by atoms with E-state index in [4.69, 9.17) is 4.74 Å². The molecule has 0 amide bonds. The number of halogens is 1. The zero-order chi connectivity index (χ0) is 14.8. The van der Waals surface area contributed by atoms with Crippen molar-refractivity contribution in [3.8, 4) is 6.07 Å².